The number of urea groups is 1. The van der Waals surface area contributed by atoms with Gasteiger partial charge >= 0.3 is 6.03 Å². The number of amides is 2. The Morgan fingerprint density at radius 1 is 1.03 bits per heavy atom. The molecule has 0 bridgehead atoms. The van der Waals surface area contributed by atoms with Crippen molar-refractivity contribution in [2.75, 3.05) is 31.5 Å². The SMILES string of the molecule is CCc1ccccc1NC(=O)N1CCN(S(=O)(=O)c2ccc3c(ccn3C)c2)CC1. The van der Waals surface area contributed by atoms with Crippen LogP contribution in [0.4, 0.5) is 10.5 Å². The maximum Gasteiger partial charge on any atom is 0.321 e. The minimum atomic E-state index is -3.60. The van der Waals surface area contributed by atoms with Crippen LogP contribution in [0, 0.1) is 0 Å². The van der Waals surface area contributed by atoms with Crippen molar-refractivity contribution in [2.45, 2.75) is 18.2 Å². The highest BCUT2D eigenvalue weighted by Crippen LogP contribution is 2.24. The molecule has 3 aromatic rings. The minimum absolute atomic E-state index is 0.196. The average Bonchev–Trinajstić information content (AvgIpc) is 3.14. The molecular weight excluding hydrogens is 400 g/mol. The number of hydrogen-bond donors (Lipinski definition) is 1. The standard InChI is InChI=1S/C22H26N4O3S/c1-3-17-6-4-5-7-20(17)23-22(27)25-12-14-26(15-13-25)30(28,29)19-8-9-21-18(16-19)10-11-24(21)2/h4-11,16H,3,12-15H2,1-2H3,(H,23,27). The molecule has 0 saturated carbocycles. The number of carbonyl (C=O) groups is 1. The molecular formula is C22H26N4O3S. The fourth-order valence-corrected chi connectivity index (χ4v) is 5.30. The smallest absolute Gasteiger partial charge is 0.321 e. The van der Waals surface area contributed by atoms with E-state index in [0.717, 1.165) is 28.6 Å². The van der Waals surface area contributed by atoms with Crippen molar-refractivity contribution in [3.05, 3.63) is 60.3 Å². The molecule has 2 heterocycles. The molecule has 1 fully saturated rings. The first-order valence-corrected chi connectivity index (χ1v) is 11.5. The third-order valence-corrected chi connectivity index (χ3v) is 7.55. The van der Waals surface area contributed by atoms with Gasteiger partial charge in [-0.15, -0.1) is 0 Å². The van der Waals surface area contributed by atoms with Gasteiger partial charge in [-0.3, -0.25) is 0 Å². The van der Waals surface area contributed by atoms with E-state index in [1.807, 2.05) is 61.1 Å². The molecule has 1 aromatic heterocycles. The van der Waals surface area contributed by atoms with Crippen LogP contribution in [0.5, 0.6) is 0 Å². The predicted octanol–water partition coefficient (Wildman–Crippen LogP) is 3.28. The molecule has 0 atom stereocenters. The Kier molecular flexibility index (Phi) is 5.53. The van der Waals surface area contributed by atoms with Crippen molar-refractivity contribution in [2.24, 2.45) is 7.05 Å². The Labute approximate surface area is 176 Å². The molecule has 2 aromatic carbocycles. The summed E-state index contributed by atoms with van der Waals surface area (Å²) in [4.78, 5) is 14.6. The van der Waals surface area contributed by atoms with Gasteiger partial charge in [-0.2, -0.15) is 4.31 Å². The van der Waals surface area contributed by atoms with Gasteiger partial charge in [0.25, 0.3) is 0 Å². The van der Waals surface area contributed by atoms with Crippen LogP contribution in [-0.2, 0) is 23.5 Å². The molecule has 1 aliphatic rings. The lowest BCUT2D eigenvalue weighted by atomic mass is 10.1. The number of piperazine rings is 1. The van der Waals surface area contributed by atoms with E-state index in [1.165, 1.54) is 4.31 Å². The van der Waals surface area contributed by atoms with Gasteiger partial charge in [-0.25, -0.2) is 13.2 Å². The number of sulfonamides is 1. The summed E-state index contributed by atoms with van der Waals surface area (Å²) in [7, 11) is -1.67. The molecule has 2 amide bonds. The largest absolute Gasteiger partial charge is 0.351 e. The van der Waals surface area contributed by atoms with E-state index in [-0.39, 0.29) is 24.0 Å². The van der Waals surface area contributed by atoms with Crippen molar-refractivity contribution >= 4 is 32.6 Å². The summed E-state index contributed by atoms with van der Waals surface area (Å²) in [6.07, 6.45) is 2.74. The number of fused-ring (bicyclic) bond motifs is 1. The number of hydrogen-bond acceptors (Lipinski definition) is 3. The second-order valence-corrected chi connectivity index (χ2v) is 9.42. The van der Waals surface area contributed by atoms with Crippen molar-refractivity contribution in [1.29, 1.82) is 0 Å². The number of aromatic nitrogens is 1. The van der Waals surface area contributed by atoms with Crippen LogP contribution < -0.4 is 5.32 Å². The van der Waals surface area contributed by atoms with Crippen molar-refractivity contribution < 1.29 is 13.2 Å². The van der Waals surface area contributed by atoms with Crippen molar-refractivity contribution in [1.82, 2.24) is 13.8 Å². The predicted molar refractivity (Wildman–Crippen MR) is 118 cm³/mol. The summed E-state index contributed by atoms with van der Waals surface area (Å²) in [5.41, 5.74) is 2.86. The highest BCUT2D eigenvalue weighted by molar-refractivity contribution is 7.89. The maximum atomic E-state index is 13.1. The van der Waals surface area contributed by atoms with Crippen LogP contribution >= 0.6 is 0 Å². The van der Waals surface area contributed by atoms with Crippen LogP contribution in [0.2, 0.25) is 0 Å². The monoisotopic (exact) mass is 426 g/mol. The normalized spacial score (nSPS) is 15.5. The lowest BCUT2D eigenvalue weighted by molar-refractivity contribution is 0.184. The van der Waals surface area contributed by atoms with Crippen LogP contribution in [0.15, 0.2) is 59.6 Å². The fraction of sp³-hybridized carbons (Fsp3) is 0.318. The molecule has 7 nitrogen and oxygen atoms in total. The lowest BCUT2D eigenvalue weighted by Crippen LogP contribution is -2.51. The molecule has 0 spiro atoms. The molecule has 1 N–H and O–H groups in total. The number of para-hydroxylation sites is 1. The van der Waals surface area contributed by atoms with Gasteiger partial charge in [0.15, 0.2) is 0 Å². The molecule has 0 unspecified atom stereocenters. The number of carbonyl (C=O) groups excluding carboxylic acids is 1. The van der Waals surface area contributed by atoms with Crippen LogP contribution in [0.1, 0.15) is 12.5 Å². The highest BCUT2D eigenvalue weighted by Gasteiger charge is 2.30. The van der Waals surface area contributed by atoms with E-state index >= 15 is 0 Å². The Bertz CT molecular complexity index is 1180. The van der Waals surface area contributed by atoms with Gasteiger partial charge in [-0.05, 0) is 42.3 Å². The summed E-state index contributed by atoms with van der Waals surface area (Å²) in [5.74, 6) is 0. The second-order valence-electron chi connectivity index (χ2n) is 7.48. The third-order valence-electron chi connectivity index (χ3n) is 5.66. The Morgan fingerprint density at radius 3 is 2.50 bits per heavy atom. The molecule has 0 aliphatic carbocycles. The van der Waals surface area contributed by atoms with E-state index in [0.29, 0.717) is 13.1 Å². The fourth-order valence-electron chi connectivity index (χ4n) is 3.85. The summed E-state index contributed by atoms with van der Waals surface area (Å²) < 4.78 is 29.6. The zero-order valence-corrected chi connectivity index (χ0v) is 18.0. The van der Waals surface area contributed by atoms with Crippen LogP contribution in [-0.4, -0.2) is 54.4 Å². The number of nitrogens with zero attached hydrogens (tertiary/aromatic N) is 3. The first kappa shape index (κ1) is 20.4. The van der Waals surface area contributed by atoms with Gasteiger partial charge in [0.05, 0.1) is 4.90 Å². The molecule has 1 saturated heterocycles. The molecule has 4 rings (SSSR count). The quantitative estimate of drug-likeness (QED) is 0.696. The average molecular weight is 427 g/mol. The molecule has 1 aliphatic heterocycles. The Hall–Kier alpha value is -2.84. The van der Waals surface area contributed by atoms with Gasteiger partial charge < -0.3 is 14.8 Å². The van der Waals surface area contributed by atoms with Gasteiger partial charge in [0.1, 0.15) is 0 Å². The van der Waals surface area contributed by atoms with E-state index < -0.39 is 10.0 Å². The van der Waals surface area contributed by atoms with Crippen molar-refractivity contribution in [3.63, 3.8) is 0 Å². The maximum absolute atomic E-state index is 13.1. The zero-order chi connectivity index (χ0) is 21.3. The van der Waals surface area contributed by atoms with Gasteiger partial charge in [-0.1, -0.05) is 25.1 Å². The second kappa shape index (κ2) is 8.12. The van der Waals surface area contributed by atoms with Crippen LogP contribution in [0.25, 0.3) is 10.9 Å². The number of anilines is 1. The topological polar surface area (TPSA) is 74.7 Å². The van der Waals surface area contributed by atoms with Crippen molar-refractivity contribution in [3.8, 4) is 0 Å². The summed E-state index contributed by atoms with van der Waals surface area (Å²) in [6.45, 7) is 3.30. The number of rotatable bonds is 4. The van der Waals surface area contributed by atoms with E-state index in [4.69, 9.17) is 0 Å². The zero-order valence-electron chi connectivity index (χ0n) is 17.2. The molecule has 158 valence electrons. The molecule has 8 heteroatoms. The van der Waals surface area contributed by atoms with Gasteiger partial charge in [0, 0.05) is 56.0 Å². The van der Waals surface area contributed by atoms with E-state index in [2.05, 4.69) is 5.32 Å². The number of aryl methyl sites for hydroxylation is 2. The van der Waals surface area contributed by atoms with Gasteiger partial charge in [0.2, 0.25) is 10.0 Å². The lowest BCUT2D eigenvalue weighted by Gasteiger charge is -2.34. The Morgan fingerprint density at radius 2 is 1.77 bits per heavy atom. The van der Waals surface area contributed by atoms with E-state index in [1.54, 1.807) is 17.0 Å². The van der Waals surface area contributed by atoms with Crippen LogP contribution in [0.3, 0.4) is 0 Å². The first-order chi connectivity index (χ1) is 14.4. The summed E-state index contributed by atoms with van der Waals surface area (Å²) >= 11 is 0. The third kappa shape index (κ3) is 3.80. The number of benzene rings is 2. The summed E-state index contributed by atoms with van der Waals surface area (Å²) in [5, 5.41) is 3.85. The minimum Gasteiger partial charge on any atom is -0.351 e. The molecule has 0 radical (unpaired) electrons. The summed E-state index contributed by atoms with van der Waals surface area (Å²) in [6, 6.07) is 14.6. The highest BCUT2D eigenvalue weighted by atomic mass is 32.2. The first-order valence-electron chi connectivity index (χ1n) is 10.1. The molecule has 30 heavy (non-hydrogen) atoms. The van der Waals surface area contributed by atoms with E-state index in [9.17, 15) is 13.2 Å². The number of nitrogens with one attached hydrogen (secondary N) is 1. The Balaban J connectivity index is 1.43.